The third kappa shape index (κ3) is 3.81. The molecule has 1 nitrogen and oxygen atoms in total. The molecule has 0 saturated heterocycles. The van der Waals surface area contributed by atoms with E-state index in [4.69, 9.17) is 4.18 Å². The lowest BCUT2D eigenvalue weighted by Gasteiger charge is -1.95. The minimum atomic E-state index is 0.694. The highest BCUT2D eigenvalue weighted by molar-refractivity contribution is 7.94. The Morgan fingerprint density at radius 1 is 1.75 bits per heavy atom. The monoisotopic (exact) mass is 130 g/mol. The number of hydrogen-bond donors (Lipinski definition) is 0. The van der Waals surface area contributed by atoms with Crippen molar-refractivity contribution in [2.75, 3.05) is 6.26 Å². The first kappa shape index (κ1) is 7.63. The van der Waals surface area contributed by atoms with E-state index < -0.39 is 0 Å². The minimum absolute atomic E-state index is 0.694. The molecule has 0 aromatic heterocycles. The highest BCUT2D eigenvalue weighted by atomic mass is 32.2. The van der Waals surface area contributed by atoms with Crippen LogP contribution in [0.5, 0.6) is 0 Å². The number of allylic oxidation sites excluding steroid dienone is 2. The molecular weight excluding hydrogens is 120 g/mol. The first-order valence-electron chi connectivity index (χ1n) is 2.33. The number of rotatable bonds is 3. The third-order valence-electron chi connectivity index (χ3n) is 0.543. The SMILES string of the molecule is C=C(/C=C/C)OSC. The second kappa shape index (κ2) is 4.78. The van der Waals surface area contributed by atoms with Gasteiger partial charge in [-0.1, -0.05) is 12.7 Å². The van der Waals surface area contributed by atoms with Crippen LogP contribution in [0.25, 0.3) is 0 Å². The van der Waals surface area contributed by atoms with E-state index >= 15 is 0 Å². The first-order valence-corrected chi connectivity index (χ1v) is 3.48. The molecule has 0 saturated carbocycles. The summed E-state index contributed by atoms with van der Waals surface area (Å²) in [6, 6.07) is 0. The van der Waals surface area contributed by atoms with Crippen LogP contribution in [0.3, 0.4) is 0 Å². The van der Waals surface area contributed by atoms with Gasteiger partial charge in [-0.15, -0.1) is 0 Å². The van der Waals surface area contributed by atoms with Gasteiger partial charge in [-0.05, 0) is 13.0 Å². The zero-order chi connectivity index (χ0) is 6.41. The summed E-state index contributed by atoms with van der Waals surface area (Å²) in [6.07, 6.45) is 5.56. The quantitative estimate of drug-likeness (QED) is 0.329. The summed E-state index contributed by atoms with van der Waals surface area (Å²) >= 11 is 1.30. The van der Waals surface area contributed by atoms with Crippen LogP contribution < -0.4 is 0 Å². The van der Waals surface area contributed by atoms with Crippen molar-refractivity contribution in [2.24, 2.45) is 0 Å². The van der Waals surface area contributed by atoms with E-state index in [0.717, 1.165) is 0 Å². The molecule has 2 heteroatoms. The maximum Gasteiger partial charge on any atom is 0.129 e. The van der Waals surface area contributed by atoms with Crippen LogP contribution in [-0.4, -0.2) is 6.26 Å². The first-order chi connectivity index (χ1) is 3.81. The zero-order valence-corrected chi connectivity index (χ0v) is 5.99. The van der Waals surface area contributed by atoms with E-state index in [-0.39, 0.29) is 0 Å². The van der Waals surface area contributed by atoms with Gasteiger partial charge in [-0.3, -0.25) is 0 Å². The summed E-state index contributed by atoms with van der Waals surface area (Å²) in [4.78, 5) is 0. The maximum atomic E-state index is 4.92. The van der Waals surface area contributed by atoms with Gasteiger partial charge >= 0.3 is 0 Å². The van der Waals surface area contributed by atoms with Crippen molar-refractivity contribution >= 4 is 12.0 Å². The van der Waals surface area contributed by atoms with Crippen LogP contribution in [0, 0.1) is 0 Å². The Hall–Kier alpha value is -0.370. The summed E-state index contributed by atoms with van der Waals surface area (Å²) in [7, 11) is 0. The molecule has 0 radical (unpaired) electrons. The number of hydrogen-bond acceptors (Lipinski definition) is 2. The summed E-state index contributed by atoms with van der Waals surface area (Å²) in [5.41, 5.74) is 0. The predicted molar refractivity (Wildman–Crippen MR) is 38.6 cm³/mol. The van der Waals surface area contributed by atoms with Crippen molar-refractivity contribution in [3.05, 3.63) is 24.5 Å². The van der Waals surface area contributed by atoms with Gasteiger partial charge in [0, 0.05) is 6.26 Å². The summed E-state index contributed by atoms with van der Waals surface area (Å²) < 4.78 is 4.92. The van der Waals surface area contributed by atoms with Gasteiger partial charge in [0.15, 0.2) is 0 Å². The second-order valence-corrected chi connectivity index (χ2v) is 1.72. The Morgan fingerprint density at radius 3 is 2.75 bits per heavy atom. The standard InChI is InChI=1S/C6H10OS/c1-4-5-6(2)7-8-3/h4-5H,2H2,1,3H3/b5-4+. The fraction of sp³-hybridized carbons (Fsp3) is 0.333. The fourth-order valence-electron chi connectivity index (χ4n) is 0.321. The van der Waals surface area contributed by atoms with Crippen LogP contribution in [0.4, 0.5) is 0 Å². The summed E-state index contributed by atoms with van der Waals surface area (Å²) in [6.45, 7) is 5.53. The Morgan fingerprint density at radius 2 is 2.38 bits per heavy atom. The molecular formula is C6H10OS. The molecule has 0 aromatic carbocycles. The largest absolute Gasteiger partial charge is 0.427 e. The highest BCUT2D eigenvalue weighted by Gasteiger charge is 1.81. The molecule has 0 N–H and O–H groups in total. The third-order valence-corrected chi connectivity index (χ3v) is 0.924. The molecule has 0 spiro atoms. The molecule has 0 amide bonds. The fourth-order valence-corrected chi connectivity index (χ4v) is 0.590. The van der Waals surface area contributed by atoms with Gasteiger partial charge in [0.05, 0.1) is 12.0 Å². The molecule has 0 heterocycles. The summed E-state index contributed by atoms with van der Waals surface area (Å²) in [5.74, 6) is 0.694. The van der Waals surface area contributed by atoms with Crippen molar-refractivity contribution in [3.63, 3.8) is 0 Å². The van der Waals surface area contributed by atoms with E-state index in [0.29, 0.717) is 5.76 Å². The normalized spacial score (nSPS) is 9.75. The van der Waals surface area contributed by atoms with Crippen LogP contribution in [0.2, 0.25) is 0 Å². The van der Waals surface area contributed by atoms with Crippen molar-refractivity contribution < 1.29 is 4.18 Å². The highest BCUT2D eigenvalue weighted by Crippen LogP contribution is 2.04. The van der Waals surface area contributed by atoms with Gasteiger partial charge in [0.2, 0.25) is 0 Å². The Labute approximate surface area is 54.6 Å². The summed E-state index contributed by atoms with van der Waals surface area (Å²) in [5, 5.41) is 0. The van der Waals surface area contributed by atoms with Gasteiger partial charge < -0.3 is 4.18 Å². The molecule has 0 aromatic rings. The molecule has 0 aliphatic heterocycles. The predicted octanol–water partition coefficient (Wildman–Crippen LogP) is 2.37. The molecule has 8 heavy (non-hydrogen) atoms. The van der Waals surface area contributed by atoms with Gasteiger partial charge in [-0.2, -0.15) is 0 Å². The molecule has 0 unspecified atom stereocenters. The minimum Gasteiger partial charge on any atom is -0.427 e. The van der Waals surface area contributed by atoms with Crippen molar-refractivity contribution in [3.8, 4) is 0 Å². The zero-order valence-electron chi connectivity index (χ0n) is 5.18. The van der Waals surface area contributed by atoms with Crippen molar-refractivity contribution in [2.45, 2.75) is 6.92 Å². The molecule has 0 fully saturated rings. The lowest BCUT2D eigenvalue weighted by atomic mass is 10.5. The second-order valence-electron chi connectivity index (χ2n) is 1.22. The van der Waals surface area contributed by atoms with Crippen LogP contribution in [-0.2, 0) is 4.18 Å². The average molecular weight is 130 g/mol. The molecule has 0 aliphatic rings. The Kier molecular flexibility index (Phi) is 4.56. The molecule has 0 rings (SSSR count). The van der Waals surface area contributed by atoms with E-state index in [1.807, 2.05) is 25.3 Å². The van der Waals surface area contributed by atoms with E-state index in [1.165, 1.54) is 12.0 Å². The van der Waals surface area contributed by atoms with Crippen LogP contribution in [0.15, 0.2) is 24.5 Å². The molecule has 0 atom stereocenters. The lowest BCUT2D eigenvalue weighted by Crippen LogP contribution is -1.72. The van der Waals surface area contributed by atoms with Gasteiger partial charge in [0.1, 0.15) is 5.76 Å². The molecule has 0 bridgehead atoms. The Bertz CT molecular complexity index is 96.7. The topological polar surface area (TPSA) is 9.23 Å². The van der Waals surface area contributed by atoms with Crippen LogP contribution in [0.1, 0.15) is 6.92 Å². The Balaban J connectivity index is 3.33. The smallest absolute Gasteiger partial charge is 0.129 e. The average Bonchev–Trinajstić information content (AvgIpc) is 1.68. The maximum absolute atomic E-state index is 4.92. The lowest BCUT2D eigenvalue weighted by molar-refractivity contribution is 0.528. The van der Waals surface area contributed by atoms with E-state index in [2.05, 4.69) is 6.58 Å². The van der Waals surface area contributed by atoms with E-state index in [1.54, 1.807) is 0 Å². The van der Waals surface area contributed by atoms with Crippen molar-refractivity contribution in [1.82, 2.24) is 0 Å². The van der Waals surface area contributed by atoms with Gasteiger partial charge in [-0.25, -0.2) is 0 Å². The van der Waals surface area contributed by atoms with E-state index in [9.17, 15) is 0 Å². The van der Waals surface area contributed by atoms with Crippen molar-refractivity contribution in [1.29, 1.82) is 0 Å². The van der Waals surface area contributed by atoms with Crippen LogP contribution >= 0.6 is 12.0 Å². The molecule has 46 valence electrons. The van der Waals surface area contributed by atoms with Gasteiger partial charge in [0.25, 0.3) is 0 Å². The molecule has 0 aliphatic carbocycles.